The maximum atomic E-state index is 6.10. The molecule has 0 aromatic heterocycles. The molecule has 0 aliphatic heterocycles. The average Bonchev–Trinajstić information content (AvgIpc) is 2.39. The summed E-state index contributed by atoms with van der Waals surface area (Å²) in [5.74, 6) is 0. The third-order valence-corrected chi connectivity index (χ3v) is 4.34. The van der Waals surface area contributed by atoms with Crippen molar-refractivity contribution in [2.75, 3.05) is 0 Å². The van der Waals surface area contributed by atoms with Gasteiger partial charge in [0.15, 0.2) is 0 Å². The highest BCUT2D eigenvalue weighted by Gasteiger charge is 2.00. The lowest BCUT2D eigenvalue weighted by Gasteiger charge is -2.05. The van der Waals surface area contributed by atoms with Crippen molar-refractivity contribution >= 4 is 11.6 Å². The van der Waals surface area contributed by atoms with Gasteiger partial charge in [-0.15, -0.1) is 11.6 Å². The molecule has 0 aliphatic rings. The molecule has 1 heteroatoms. The average molecular weight is 275 g/mol. The summed E-state index contributed by atoms with van der Waals surface area (Å²) in [6.07, 6.45) is 19.5. The van der Waals surface area contributed by atoms with Gasteiger partial charge in [0.2, 0.25) is 0 Å². The minimum Gasteiger partial charge on any atom is -0.123 e. The van der Waals surface area contributed by atoms with E-state index in [1.54, 1.807) is 0 Å². The van der Waals surface area contributed by atoms with Crippen LogP contribution in [0.2, 0.25) is 0 Å². The molecule has 0 aromatic rings. The summed E-state index contributed by atoms with van der Waals surface area (Å²) in [4.78, 5) is 0. The highest BCUT2D eigenvalue weighted by Crippen LogP contribution is 2.15. The zero-order valence-electron chi connectivity index (χ0n) is 12.9. The summed E-state index contributed by atoms with van der Waals surface area (Å²) in [7, 11) is 0. The van der Waals surface area contributed by atoms with Gasteiger partial charge in [-0.05, 0) is 12.8 Å². The van der Waals surface area contributed by atoms with Crippen molar-refractivity contribution in [1.29, 1.82) is 0 Å². The van der Waals surface area contributed by atoms with E-state index in [0.29, 0.717) is 5.38 Å². The number of rotatable bonds is 14. The monoisotopic (exact) mass is 274 g/mol. The number of hydrogen-bond donors (Lipinski definition) is 0. The fourth-order valence-corrected chi connectivity index (χ4v) is 2.57. The first-order valence-electron chi connectivity index (χ1n) is 8.45. The first-order valence-corrected chi connectivity index (χ1v) is 8.89. The summed E-state index contributed by atoms with van der Waals surface area (Å²) < 4.78 is 0. The molecule has 0 nitrogen and oxygen atoms in total. The molecule has 0 fully saturated rings. The lowest BCUT2D eigenvalue weighted by Crippen LogP contribution is -1.95. The second kappa shape index (κ2) is 15.3. The zero-order valence-corrected chi connectivity index (χ0v) is 13.6. The van der Waals surface area contributed by atoms with Crippen LogP contribution in [0.5, 0.6) is 0 Å². The first kappa shape index (κ1) is 18.3. The van der Waals surface area contributed by atoms with E-state index in [1.807, 2.05) is 0 Å². The summed E-state index contributed by atoms with van der Waals surface area (Å²) in [5.41, 5.74) is 0. The van der Waals surface area contributed by atoms with Gasteiger partial charge >= 0.3 is 0 Å². The topological polar surface area (TPSA) is 0 Å². The van der Waals surface area contributed by atoms with E-state index in [2.05, 4.69) is 13.8 Å². The molecule has 0 amide bonds. The fraction of sp³-hybridized carbons (Fsp3) is 1.00. The van der Waals surface area contributed by atoms with Crippen LogP contribution in [0.3, 0.4) is 0 Å². The predicted molar refractivity (Wildman–Crippen MR) is 85.6 cm³/mol. The summed E-state index contributed by atoms with van der Waals surface area (Å²) >= 11 is 6.10. The molecule has 1 atom stereocenters. The highest BCUT2D eigenvalue weighted by atomic mass is 35.5. The van der Waals surface area contributed by atoms with Crippen molar-refractivity contribution in [2.45, 2.75) is 109 Å². The number of hydrogen-bond acceptors (Lipinski definition) is 0. The van der Waals surface area contributed by atoms with E-state index >= 15 is 0 Å². The van der Waals surface area contributed by atoms with Gasteiger partial charge in [0.25, 0.3) is 0 Å². The number of alkyl halides is 1. The van der Waals surface area contributed by atoms with Gasteiger partial charge in [-0.25, -0.2) is 0 Å². The van der Waals surface area contributed by atoms with E-state index in [9.17, 15) is 0 Å². The van der Waals surface area contributed by atoms with Crippen molar-refractivity contribution in [1.82, 2.24) is 0 Å². The van der Waals surface area contributed by atoms with E-state index in [-0.39, 0.29) is 0 Å². The molecule has 0 bridgehead atoms. The third kappa shape index (κ3) is 14.4. The second-order valence-electron chi connectivity index (χ2n) is 5.68. The SMILES string of the molecule is CCCCCCCCCCCCCCC(Cl)CC. The Morgan fingerprint density at radius 3 is 1.39 bits per heavy atom. The van der Waals surface area contributed by atoms with Crippen LogP contribution in [0, 0.1) is 0 Å². The maximum Gasteiger partial charge on any atom is 0.0333 e. The summed E-state index contributed by atoms with van der Waals surface area (Å²) in [6.45, 7) is 4.46. The van der Waals surface area contributed by atoms with E-state index in [0.717, 1.165) is 6.42 Å². The van der Waals surface area contributed by atoms with Gasteiger partial charge in [-0.3, -0.25) is 0 Å². The molecule has 0 saturated heterocycles. The van der Waals surface area contributed by atoms with Crippen LogP contribution in [-0.2, 0) is 0 Å². The Kier molecular flexibility index (Phi) is 15.6. The summed E-state index contributed by atoms with van der Waals surface area (Å²) in [5, 5.41) is 0.424. The molecule has 0 N–H and O–H groups in total. The van der Waals surface area contributed by atoms with Gasteiger partial charge in [-0.1, -0.05) is 90.9 Å². The Bertz CT molecular complexity index is 145. The fourth-order valence-electron chi connectivity index (χ4n) is 2.41. The van der Waals surface area contributed by atoms with Crippen LogP contribution in [0.4, 0.5) is 0 Å². The second-order valence-corrected chi connectivity index (χ2v) is 6.30. The lowest BCUT2D eigenvalue weighted by molar-refractivity contribution is 0.535. The molecule has 0 rings (SSSR count). The Labute approximate surface area is 121 Å². The van der Waals surface area contributed by atoms with Crippen LogP contribution < -0.4 is 0 Å². The standard InChI is InChI=1S/C17H35Cl/c1-3-5-6-7-8-9-10-11-12-13-14-15-16-17(18)4-2/h17H,3-16H2,1-2H3. The van der Waals surface area contributed by atoms with Crippen molar-refractivity contribution in [2.24, 2.45) is 0 Å². The van der Waals surface area contributed by atoms with Crippen LogP contribution in [-0.4, -0.2) is 5.38 Å². The molecule has 0 heterocycles. The van der Waals surface area contributed by atoms with Gasteiger partial charge in [0, 0.05) is 5.38 Å². The van der Waals surface area contributed by atoms with E-state index in [4.69, 9.17) is 11.6 Å². The molecule has 0 aliphatic carbocycles. The number of unbranched alkanes of at least 4 members (excludes halogenated alkanes) is 11. The quantitative estimate of drug-likeness (QED) is 0.234. The Balaban J connectivity index is 2.94. The lowest BCUT2D eigenvalue weighted by atomic mass is 10.0. The van der Waals surface area contributed by atoms with Crippen molar-refractivity contribution in [3.8, 4) is 0 Å². The first-order chi connectivity index (χ1) is 8.81. The molecule has 0 aromatic carbocycles. The molecular formula is C17H35Cl. The van der Waals surface area contributed by atoms with Crippen molar-refractivity contribution in [3.63, 3.8) is 0 Å². The van der Waals surface area contributed by atoms with E-state index < -0.39 is 0 Å². The largest absolute Gasteiger partial charge is 0.123 e. The minimum atomic E-state index is 0.424. The molecule has 18 heavy (non-hydrogen) atoms. The zero-order chi connectivity index (χ0) is 13.5. The predicted octanol–water partition coefficient (Wildman–Crippen LogP) is 7.10. The Morgan fingerprint density at radius 2 is 1.00 bits per heavy atom. The highest BCUT2D eigenvalue weighted by molar-refractivity contribution is 6.20. The smallest absolute Gasteiger partial charge is 0.0333 e. The molecule has 0 radical (unpaired) electrons. The van der Waals surface area contributed by atoms with Gasteiger partial charge in [-0.2, -0.15) is 0 Å². The van der Waals surface area contributed by atoms with Crippen LogP contribution in [0.15, 0.2) is 0 Å². The molecule has 0 saturated carbocycles. The molecule has 0 spiro atoms. The Hall–Kier alpha value is 0.290. The third-order valence-electron chi connectivity index (χ3n) is 3.81. The molecule has 1 unspecified atom stereocenters. The van der Waals surface area contributed by atoms with Crippen LogP contribution in [0.25, 0.3) is 0 Å². The van der Waals surface area contributed by atoms with Crippen LogP contribution in [0.1, 0.15) is 104 Å². The molecular weight excluding hydrogens is 240 g/mol. The van der Waals surface area contributed by atoms with Crippen molar-refractivity contribution in [3.05, 3.63) is 0 Å². The van der Waals surface area contributed by atoms with Gasteiger partial charge in [0.05, 0.1) is 0 Å². The van der Waals surface area contributed by atoms with Crippen molar-refractivity contribution < 1.29 is 0 Å². The Morgan fingerprint density at radius 1 is 0.611 bits per heavy atom. The maximum absolute atomic E-state index is 6.10. The minimum absolute atomic E-state index is 0.424. The normalized spacial score (nSPS) is 12.8. The van der Waals surface area contributed by atoms with Gasteiger partial charge < -0.3 is 0 Å². The summed E-state index contributed by atoms with van der Waals surface area (Å²) in [6, 6.07) is 0. The van der Waals surface area contributed by atoms with E-state index in [1.165, 1.54) is 83.5 Å². The number of halogens is 1. The molecule has 110 valence electrons. The van der Waals surface area contributed by atoms with Gasteiger partial charge in [0.1, 0.15) is 0 Å². The van der Waals surface area contributed by atoms with Crippen LogP contribution >= 0.6 is 11.6 Å².